The summed E-state index contributed by atoms with van der Waals surface area (Å²) in [7, 11) is 0. The number of rotatable bonds is 4. The molecule has 0 fully saturated rings. The largest absolute Gasteiger partial charge is 0.322 e. The van der Waals surface area contributed by atoms with E-state index >= 15 is 0 Å². The van der Waals surface area contributed by atoms with Crippen molar-refractivity contribution in [1.82, 2.24) is 4.98 Å². The Morgan fingerprint density at radius 2 is 1.63 bits per heavy atom. The zero-order chi connectivity index (χ0) is 19.4. The molecule has 0 saturated heterocycles. The molecule has 5 nitrogen and oxygen atoms in total. The molecule has 3 aromatic rings. The van der Waals surface area contributed by atoms with Gasteiger partial charge in [0, 0.05) is 23.1 Å². The summed E-state index contributed by atoms with van der Waals surface area (Å²) in [4.78, 5) is 28.5. The van der Waals surface area contributed by atoms with Gasteiger partial charge in [0.05, 0.1) is 5.02 Å². The van der Waals surface area contributed by atoms with Crippen LogP contribution >= 0.6 is 11.6 Å². The maximum Gasteiger partial charge on any atom is 0.274 e. The molecule has 0 bridgehead atoms. The second kappa shape index (κ2) is 7.92. The molecular weight excluding hydrogens is 376 g/mol. The van der Waals surface area contributed by atoms with Gasteiger partial charge in [-0.3, -0.25) is 14.6 Å². The van der Waals surface area contributed by atoms with E-state index in [4.69, 9.17) is 11.6 Å². The van der Waals surface area contributed by atoms with Gasteiger partial charge in [-0.15, -0.1) is 0 Å². The minimum absolute atomic E-state index is 0.0240. The highest BCUT2D eigenvalue weighted by molar-refractivity contribution is 6.31. The molecule has 0 unspecified atom stereocenters. The number of anilines is 2. The van der Waals surface area contributed by atoms with Gasteiger partial charge < -0.3 is 10.6 Å². The second-order valence-corrected chi connectivity index (χ2v) is 5.88. The Kier molecular flexibility index (Phi) is 5.42. The summed E-state index contributed by atoms with van der Waals surface area (Å²) in [6.45, 7) is 0. The van der Waals surface area contributed by atoms with Crippen LogP contribution in [0.1, 0.15) is 20.8 Å². The van der Waals surface area contributed by atoms with Gasteiger partial charge in [-0.25, -0.2) is 8.78 Å². The van der Waals surface area contributed by atoms with Gasteiger partial charge in [0.15, 0.2) is 0 Å². The SMILES string of the molecule is O=C(Nc1ccc(F)c(Cl)c1)c1ccnc(C(=O)Nc2cccc(F)c2)c1. The number of benzene rings is 2. The molecule has 3 rings (SSSR count). The lowest BCUT2D eigenvalue weighted by Crippen LogP contribution is -2.17. The molecule has 0 saturated carbocycles. The van der Waals surface area contributed by atoms with Crippen LogP contribution in [0.5, 0.6) is 0 Å². The van der Waals surface area contributed by atoms with E-state index in [1.54, 1.807) is 0 Å². The summed E-state index contributed by atoms with van der Waals surface area (Å²) in [6, 6.07) is 11.8. The van der Waals surface area contributed by atoms with Gasteiger partial charge in [0.2, 0.25) is 0 Å². The molecule has 136 valence electrons. The van der Waals surface area contributed by atoms with Crippen molar-refractivity contribution < 1.29 is 18.4 Å². The van der Waals surface area contributed by atoms with E-state index in [-0.39, 0.29) is 22.0 Å². The van der Waals surface area contributed by atoms with Crippen LogP contribution in [0.4, 0.5) is 20.2 Å². The summed E-state index contributed by atoms with van der Waals surface area (Å²) in [5.41, 5.74) is 0.700. The lowest BCUT2D eigenvalue weighted by atomic mass is 10.2. The lowest BCUT2D eigenvalue weighted by molar-refractivity contribution is 0.102. The van der Waals surface area contributed by atoms with Crippen molar-refractivity contribution in [1.29, 1.82) is 0 Å². The minimum atomic E-state index is -0.602. The van der Waals surface area contributed by atoms with Crippen molar-refractivity contribution in [2.24, 2.45) is 0 Å². The minimum Gasteiger partial charge on any atom is -0.322 e. The van der Waals surface area contributed by atoms with Crippen LogP contribution in [0, 0.1) is 11.6 Å². The number of amides is 2. The Labute approximate surface area is 158 Å². The van der Waals surface area contributed by atoms with Crippen molar-refractivity contribution in [3.05, 3.63) is 88.7 Å². The number of halogens is 3. The van der Waals surface area contributed by atoms with Crippen LogP contribution < -0.4 is 10.6 Å². The van der Waals surface area contributed by atoms with Crippen molar-refractivity contribution in [2.75, 3.05) is 10.6 Å². The number of hydrogen-bond acceptors (Lipinski definition) is 3. The number of nitrogens with one attached hydrogen (secondary N) is 2. The molecule has 1 heterocycles. The van der Waals surface area contributed by atoms with Gasteiger partial charge >= 0.3 is 0 Å². The summed E-state index contributed by atoms with van der Waals surface area (Å²) in [5.74, 6) is -2.22. The van der Waals surface area contributed by atoms with Crippen molar-refractivity contribution in [3.8, 4) is 0 Å². The highest BCUT2D eigenvalue weighted by atomic mass is 35.5. The van der Waals surface area contributed by atoms with Crippen molar-refractivity contribution in [3.63, 3.8) is 0 Å². The molecule has 2 N–H and O–H groups in total. The second-order valence-electron chi connectivity index (χ2n) is 5.48. The van der Waals surface area contributed by atoms with Crippen LogP contribution in [-0.2, 0) is 0 Å². The van der Waals surface area contributed by atoms with E-state index in [0.29, 0.717) is 5.69 Å². The molecule has 0 radical (unpaired) electrons. The van der Waals surface area contributed by atoms with Crippen molar-refractivity contribution >= 4 is 34.8 Å². The Morgan fingerprint density at radius 3 is 2.37 bits per heavy atom. The van der Waals surface area contributed by atoms with E-state index in [2.05, 4.69) is 15.6 Å². The van der Waals surface area contributed by atoms with E-state index < -0.39 is 23.4 Å². The van der Waals surface area contributed by atoms with E-state index in [9.17, 15) is 18.4 Å². The van der Waals surface area contributed by atoms with E-state index in [0.717, 1.165) is 12.1 Å². The quantitative estimate of drug-likeness (QED) is 0.691. The van der Waals surface area contributed by atoms with Crippen LogP contribution in [0.3, 0.4) is 0 Å². The van der Waals surface area contributed by atoms with Gasteiger partial charge in [-0.2, -0.15) is 0 Å². The Hall–Kier alpha value is -3.32. The molecule has 27 heavy (non-hydrogen) atoms. The third kappa shape index (κ3) is 4.65. The third-order valence-electron chi connectivity index (χ3n) is 3.51. The fourth-order valence-corrected chi connectivity index (χ4v) is 2.42. The topological polar surface area (TPSA) is 71.1 Å². The van der Waals surface area contributed by atoms with Gasteiger partial charge in [-0.05, 0) is 48.5 Å². The number of carbonyl (C=O) groups is 2. The first-order valence-corrected chi connectivity index (χ1v) is 8.09. The highest BCUT2D eigenvalue weighted by Crippen LogP contribution is 2.20. The average molecular weight is 388 g/mol. The molecule has 0 aliphatic heterocycles. The van der Waals surface area contributed by atoms with Crippen LogP contribution in [-0.4, -0.2) is 16.8 Å². The summed E-state index contributed by atoms with van der Waals surface area (Å²) in [5, 5.41) is 4.92. The maximum absolute atomic E-state index is 13.2. The van der Waals surface area contributed by atoms with Gasteiger partial charge in [0.1, 0.15) is 17.3 Å². The number of aromatic nitrogens is 1. The van der Waals surface area contributed by atoms with Crippen LogP contribution in [0.25, 0.3) is 0 Å². The molecule has 8 heteroatoms. The monoisotopic (exact) mass is 387 g/mol. The molecule has 0 aliphatic rings. The third-order valence-corrected chi connectivity index (χ3v) is 3.80. The summed E-state index contributed by atoms with van der Waals surface area (Å²) in [6.07, 6.45) is 1.30. The highest BCUT2D eigenvalue weighted by Gasteiger charge is 2.13. The molecule has 0 atom stereocenters. The van der Waals surface area contributed by atoms with E-state index in [1.807, 2.05) is 0 Å². The first-order chi connectivity index (χ1) is 12.9. The Morgan fingerprint density at radius 1 is 0.889 bits per heavy atom. The fourth-order valence-electron chi connectivity index (χ4n) is 2.23. The first kappa shape index (κ1) is 18.5. The molecule has 1 aromatic heterocycles. The van der Waals surface area contributed by atoms with Crippen LogP contribution in [0.15, 0.2) is 60.8 Å². The molecule has 2 aromatic carbocycles. The van der Waals surface area contributed by atoms with Crippen molar-refractivity contribution in [2.45, 2.75) is 0 Å². The normalized spacial score (nSPS) is 10.3. The average Bonchev–Trinajstić information content (AvgIpc) is 2.65. The predicted octanol–water partition coefficient (Wildman–Crippen LogP) is 4.52. The molecule has 0 spiro atoms. The number of pyridine rings is 1. The van der Waals surface area contributed by atoms with E-state index in [1.165, 1.54) is 48.7 Å². The molecular formula is C19H12ClF2N3O2. The number of carbonyl (C=O) groups excluding carboxylic acids is 2. The van der Waals surface area contributed by atoms with Gasteiger partial charge in [0.25, 0.3) is 11.8 Å². The van der Waals surface area contributed by atoms with Crippen LogP contribution in [0.2, 0.25) is 5.02 Å². The summed E-state index contributed by atoms with van der Waals surface area (Å²) < 4.78 is 26.4. The maximum atomic E-state index is 13.2. The zero-order valence-corrected chi connectivity index (χ0v) is 14.4. The molecule has 2 amide bonds. The Bertz CT molecular complexity index is 1030. The zero-order valence-electron chi connectivity index (χ0n) is 13.7. The van der Waals surface area contributed by atoms with Gasteiger partial charge in [-0.1, -0.05) is 17.7 Å². The first-order valence-electron chi connectivity index (χ1n) is 7.72. The molecule has 0 aliphatic carbocycles. The lowest BCUT2D eigenvalue weighted by Gasteiger charge is -2.08. The Balaban J connectivity index is 1.75. The number of hydrogen-bond donors (Lipinski definition) is 2. The summed E-state index contributed by atoms with van der Waals surface area (Å²) >= 11 is 5.68. The number of nitrogens with zero attached hydrogens (tertiary/aromatic N) is 1. The predicted molar refractivity (Wildman–Crippen MR) is 98.0 cm³/mol. The fraction of sp³-hybridized carbons (Fsp3) is 0. The standard InChI is InChI=1S/C19H12ClF2N3O2/c20-15-10-14(4-5-16(15)22)24-18(26)11-6-7-23-17(8-11)19(27)25-13-3-1-2-12(21)9-13/h1-10H,(H,24,26)(H,25,27). The smallest absolute Gasteiger partial charge is 0.274 e.